The molecule has 2 aliphatic heterocycles. The maximum absolute atomic E-state index is 9.84. The summed E-state index contributed by atoms with van der Waals surface area (Å²) >= 11 is 0. The predicted octanol–water partition coefficient (Wildman–Crippen LogP) is 0.400. The van der Waals surface area contributed by atoms with Gasteiger partial charge in [0.2, 0.25) is 0 Å². The summed E-state index contributed by atoms with van der Waals surface area (Å²) in [6.45, 7) is 8.63. The van der Waals surface area contributed by atoms with Crippen LogP contribution in [0.2, 0.25) is 0 Å². The second kappa shape index (κ2) is 4.95. The van der Waals surface area contributed by atoms with Crippen molar-refractivity contribution in [3.05, 3.63) is 0 Å². The van der Waals surface area contributed by atoms with Crippen LogP contribution in [0.25, 0.3) is 0 Å². The molecule has 2 aliphatic rings. The zero-order valence-corrected chi connectivity index (χ0v) is 12.1. The highest BCUT2D eigenvalue weighted by Crippen LogP contribution is 2.39. The molecule has 0 aliphatic carbocycles. The van der Waals surface area contributed by atoms with Crippen LogP contribution < -0.4 is 0 Å². The number of ether oxygens (including phenoxy) is 4. The van der Waals surface area contributed by atoms with Crippen molar-refractivity contribution in [2.24, 2.45) is 0 Å². The van der Waals surface area contributed by atoms with E-state index >= 15 is 0 Å². The average Bonchev–Trinajstić information content (AvgIpc) is 2.74. The highest BCUT2D eigenvalue weighted by atomic mass is 16.8. The smallest absolute Gasteiger partial charge is 0.164 e. The fraction of sp³-hybridized carbons (Fsp3) is 1.00. The van der Waals surface area contributed by atoms with Crippen LogP contribution in [-0.4, -0.2) is 58.9 Å². The molecule has 0 aromatic rings. The molecule has 6 nitrogen and oxygen atoms in total. The molecule has 0 aromatic carbocycles. The van der Waals surface area contributed by atoms with Crippen molar-refractivity contribution in [2.75, 3.05) is 6.61 Å². The lowest BCUT2D eigenvalue weighted by atomic mass is 10.0. The maximum Gasteiger partial charge on any atom is 0.164 e. The zero-order valence-electron chi connectivity index (χ0n) is 12.1. The Bertz CT molecular complexity index is 327. The van der Waals surface area contributed by atoms with Crippen LogP contribution in [0, 0.1) is 0 Å². The van der Waals surface area contributed by atoms with E-state index in [1.165, 1.54) is 0 Å². The standard InChI is InChI=1S/C13H24O6/c1-7(15)9-11(19-13(4,5)17-9)10-8(6-14)16-12(2,3)18-10/h7-11,14-15H,6H2,1-5H3/t7-,8-,9-,10-,11-/m1/s1. The molecule has 0 spiro atoms. The molecule has 5 atom stereocenters. The molecule has 2 heterocycles. The minimum absolute atomic E-state index is 0.166. The molecule has 2 saturated heterocycles. The quantitative estimate of drug-likeness (QED) is 0.777. The van der Waals surface area contributed by atoms with E-state index in [-0.39, 0.29) is 6.61 Å². The van der Waals surface area contributed by atoms with Gasteiger partial charge >= 0.3 is 0 Å². The number of aliphatic hydroxyl groups excluding tert-OH is 2. The van der Waals surface area contributed by atoms with E-state index in [0.717, 1.165) is 0 Å². The lowest BCUT2D eigenvalue weighted by Gasteiger charge is -2.26. The van der Waals surface area contributed by atoms with Crippen LogP contribution >= 0.6 is 0 Å². The minimum Gasteiger partial charge on any atom is -0.394 e. The van der Waals surface area contributed by atoms with Gasteiger partial charge in [0.1, 0.15) is 24.4 Å². The molecular formula is C13H24O6. The minimum atomic E-state index is -0.789. The van der Waals surface area contributed by atoms with Gasteiger partial charge in [-0.3, -0.25) is 0 Å². The molecule has 0 radical (unpaired) electrons. The van der Waals surface area contributed by atoms with Crippen LogP contribution in [0.1, 0.15) is 34.6 Å². The van der Waals surface area contributed by atoms with Crippen LogP contribution in [0.5, 0.6) is 0 Å². The molecule has 0 amide bonds. The topological polar surface area (TPSA) is 77.4 Å². The first-order valence-corrected chi connectivity index (χ1v) is 6.65. The van der Waals surface area contributed by atoms with Gasteiger partial charge in [0.05, 0.1) is 12.7 Å². The molecule has 19 heavy (non-hydrogen) atoms. The lowest BCUT2D eigenvalue weighted by molar-refractivity contribution is -0.175. The summed E-state index contributed by atoms with van der Waals surface area (Å²) in [5.74, 6) is -1.57. The van der Waals surface area contributed by atoms with Crippen molar-refractivity contribution >= 4 is 0 Å². The Morgan fingerprint density at radius 2 is 1.47 bits per heavy atom. The first-order chi connectivity index (χ1) is 8.65. The number of hydrogen-bond donors (Lipinski definition) is 2. The Kier molecular flexibility index (Phi) is 3.94. The molecular weight excluding hydrogens is 252 g/mol. The fourth-order valence-electron chi connectivity index (χ4n) is 2.73. The van der Waals surface area contributed by atoms with Gasteiger partial charge in [0.25, 0.3) is 0 Å². The van der Waals surface area contributed by atoms with E-state index in [0.29, 0.717) is 0 Å². The number of hydrogen-bond acceptors (Lipinski definition) is 6. The van der Waals surface area contributed by atoms with E-state index < -0.39 is 42.1 Å². The highest BCUT2D eigenvalue weighted by Gasteiger charge is 2.54. The Hall–Kier alpha value is -0.240. The summed E-state index contributed by atoms with van der Waals surface area (Å²) in [6.07, 6.45) is -2.64. The summed E-state index contributed by atoms with van der Waals surface area (Å²) in [5, 5.41) is 19.3. The molecule has 6 heteroatoms. The van der Waals surface area contributed by atoms with Gasteiger partial charge in [-0.15, -0.1) is 0 Å². The summed E-state index contributed by atoms with van der Waals surface area (Å²) in [4.78, 5) is 0. The molecule has 0 bridgehead atoms. The zero-order chi connectivity index (χ0) is 14.4. The van der Waals surface area contributed by atoms with E-state index in [9.17, 15) is 10.2 Å². The monoisotopic (exact) mass is 276 g/mol. The first kappa shape index (κ1) is 15.2. The number of aliphatic hydroxyl groups is 2. The predicted molar refractivity (Wildman–Crippen MR) is 66.4 cm³/mol. The molecule has 2 fully saturated rings. The van der Waals surface area contributed by atoms with E-state index in [1.54, 1.807) is 34.6 Å². The van der Waals surface area contributed by atoms with Gasteiger partial charge in [-0.2, -0.15) is 0 Å². The largest absolute Gasteiger partial charge is 0.394 e. The summed E-state index contributed by atoms with van der Waals surface area (Å²) in [7, 11) is 0. The van der Waals surface area contributed by atoms with Gasteiger partial charge in [0.15, 0.2) is 11.6 Å². The highest BCUT2D eigenvalue weighted by molar-refractivity contribution is 4.96. The maximum atomic E-state index is 9.84. The van der Waals surface area contributed by atoms with Gasteiger partial charge in [-0.1, -0.05) is 0 Å². The second-order valence-corrected chi connectivity index (χ2v) is 6.13. The Morgan fingerprint density at radius 3 is 2.00 bits per heavy atom. The summed E-state index contributed by atoms with van der Waals surface area (Å²) in [6, 6.07) is 0. The van der Waals surface area contributed by atoms with Gasteiger partial charge in [0, 0.05) is 0 Å². The summed E-state index contributed by atoms with van der Waals surface area (Å²) in [5.41, 5.74) is 0. The fourth-order valence-corrected chi connectivity index (χ4v) is 2.73. The van der Waals surface area contributed by atoms with E-state index in [1.807, 2.05) is 0 Å². The van der Waals surface area contributed by atoms with Crippen LogP contribution in [0.3, 0.4) is 0 Å². The number of rotatable bonds is 3. The Morgan fingerprint density at radius 1 is 0.947 bits per heavy atom. The SMILES string of the molecule is C[C@@H](O)[C@H]1OC(C)(C)O[C@H]1[C@@H]1OC(C)(C)O[C@@H]1CO. The third kappa shape index (κ3) is 3.09. The molecule has 2 rings (SSSR count). The summed E-state index contributed by atoms with van der Waals surface area (Å²) < 4.78 is 23.0. The third-order valence-electron chi connectivity index (χ3n) is 3.36. The van der Waals surface area contributed by atoms with Crippen molar-refractivity contribution in [2.45, 2.75) is 76.7 Å². The molecule has 0 aromatic heterocycles. The molecule has 112 valence electrons. The van der Waals surface area contributed by atoms with E-state index in [4.69, 9.17) is 18.9 Å². The second-order valence-electron chi connectivity index (χ2n) is 6.13. The molecule has 2 N–H and O–H groups in total. The van der Waals surface area contributed by atoms with E-state index in [2.05, 4.69) is 0 Å². The molecule has 0 unspecified atom stereocenters. The van der Waals surface area contributed by atoms with Crippen molar-refractivity contribution in [1.82, 2.24) is 0 Å². The Balaban J connectivity index is 2.19. The average molecular weight is 276 g/mol. The van der Waals surface area contributed by atoms with Crippen molar-refractivity contribution < 1.29 is 29.2 Å². The normalized spacial score (nSPS) is 42.5. The van der Waals surface area contributed by atoms with Gasteiger partial charge < -0.3 is 29.2 Å². The Labute approximate surface area is 113 Å². The van der Waals surface area contributed by atoms with Crippen LogP contribution in [0.15, 0.2) is 0 Å². The van der Waals surface area contributed by atoms with Crippen molar-refractivity contribution in [3.8, 4) is 0 Å². The van der Waals surface area contributed by atoms with Gasteiger partial charge in [-0.25, -0.2) is 0 Å². The molecule has 0 saturated carbocycles. The van der Waals surface area contributed by atoms with Crippen LogP contribution in [-0.2, 0) is 18.9 Å². The van der Waals surface area contributed by atoms with Gasteiger partial charge in [-0.05, 0) is 34.6 Å². The first-order valence-electron chi connectivity index (χ1n) is 6.65. The van der Waals surface area contributed by atoms with Crippen LogP contribution in [0.4, 0.5) is 0 Å². The lowest BCUT2D eigenvalue weighted by Crippen LogP contribution is -2.46. The third-order valence-corrected chi connectivity index (χ3v) is 3.36. The van der Waals surface area contributed by atoms with Crippen molar-refractivity contribution in [1.29, 1.82) is 0 Å². The van der Waals surface area contributed by atoms with Crippen molar-refractivity contribution in [3.63, 3.8) is 0 Å².